The van der Waals surface area contributed by atoms with E-state index in [0.717, 1.165) is 55.5 Å². The highest BCUT2D eigenvalue weighted by molar-refractivity contribution is 7.25. The van der Waals surface area contributed by atoms with Gasteiger partial charge in [0.15, 0.2) is 0 Å². The molecule has 11 rings (SSSR count). The van der Waals surface area contributed by atoms with Crippen LogP contribution in [-0.2, 0) is 0 Å². The van der Waals surface area contributed by atoms with E-state index in [1.54, 1.807) is 0 Å². The number of rotatable bonds is 6. The lowest BCUT2D eigenvalue weighted by atomic mass is 9.96. The summed E-state index contributed by atoms with van der Waals surface area (Å²) >= 11 is 1.85. The van der Waals surface area contributed by atoms with Crippen LogP contribution < -0.4 is 4.90 Å². The van der Waals surface area contributed by atoms with Crippen LogP contribution >= 0.6 is 11.3 Å². The third-order valence-corrected chi connectivity index (χ3v) is 12.0. The molecule has 0 atom stereocenters. The third-order valence-electron chi connectivity index (χ3n) is 10.8. The summed E-state index contributed by atoms with van der Waals surface area (Å²) in [5.41, 5.74) is 12.0. The van der Waals surface area contributed by atoms with E-state index < -0.39 is 0 Å². The van der Waals surface area contributed by atoms with Crippen LogP contribution in [0.1, 0.15) is 0 Å². The quantitative estimate of drug-likeness (QED) is 0.170. The topological polar surface area (TPSA) is 16.4 Å². The molecule has 2 aromatic heterocycles. The van der Waals surface area contributed by atoms with Gasteiger partial charge in [0.25, 0.3) is 0 Å². The van der Waals surface area contributed by atoms with Gasteiger partial charge in [-0.3, -0.25) is 0 Å². The molecule has 0 N–H and O–H groups in total. The molecule has 0 aliphatic rings. The molecule has 0 aliphatic carbocycles. The Morgan fingerprint density at radius 1 is 0.364 bits per heavy atom. The maximum Gasteiger partial charge on any atom is 0.143 e. The normalized spacial score (nSPS) is 11.6. The zero-order valence-corrected chi connectivity index (χ0v) is 30.6. The molecule has 0 saturated carbocycles. The van der Waals surface area contributed by atoms with Crippen molar-refractivity contribution in [3.8, 4) is 33.4 Å². The minimum atomic E-state index is 0.865. The second-order valence-corrected chi connectivity index (χ2v) is 15.2. The molecule has 9 aromatic carbocycles. The molecule has 2 nitrogen and oxygen atoms in total. The predicted octanol–water partition coefficient (Wildman–Crippen LogP) is 15.6. The van der Waals surface area contributed by atoms with Gasteiger partial charge in [-0.2, -0.15) is 0 Å². The van der Waals surface area contributed by atoms with Crippen molar-refractivity contribution in [2.45, 2.75) is 0 Å². The number of nitrogens with zero attached hydrogens (tertiary/aromatic N) is 1. The van der Waals surface area contributed by atoms with Gasteiger partial charge in [0.2, 0.25) is 0 Å². The van der Waals surface area contributed by atoms with Crippen molar-refractivity contribution in [1.29, 1.82) is 0 Å². The number of hydrogen-bond acceptors (Lipinski definition) is 3. The summed E-state index contributed by atoms with van der Waals surface area (Å²) in [6, 6.07) is 72.3. The molecule has 0 aliphatic heterocycles. The largest absolute Gasteiger partial charge is 0.455 e. The van der Waals surface area contributed by atoms with Crippen LogP contribution in [0.25, 0.3) is 86.3 Å². The summed E-state index contributed by atoms with van der Waals surface area (Å²) in [6.45, 7) is 0. The number of fused-ring (bicyclic) bond motifs is 8. The Kier molecular flexibility index (Phi) is 7.39. The number of hydrogen-bond donors (Lipinski definition) is 0. The van der Waals surface area contributed by atoms with Crippen LogP contribution in [-0.4, -0.2) is 0 Å². The van der Waals surface area contributed by atoms with Gasteiger partial charge in [0.1, 0.15) is 11.2 Å². The Bertz CT molecular complexity index is 3140. The van der Waals surface area contributed by atoms with Crippen LogP contribution in [0.3, 0.4) is 0 Å². The van der Waals surface area contributed by atoms with Gasteiger partial charge in [-0.1, -0.05) is 133 Å². The standard InChI is InChI=1S/C52H33NOS/c1-3-12-34(13-4-1)39-30-40(35-14-5-2-6-15-35)32-42(31-39)53(47-19-11-20-48-51(47)45-28-24-37-16-7-8-17-43(37)52(45)54-48)41-26-22-36(23-27-41)38-25-29-50-46(33-38)44-18-9-10-21-49(44)55-50/h1-33H. The maximum absolute atomic E-state index is 6.72. The first-order valence-electron chi connectivity index (χ1n) is 18.7. The fraction of sp³-hybridized carbons (Fsp3) is 0. The Balaban J connectivity index is 1.14. The molecule has 0 bridgehead atoms. The first-order chi connectivity index (χ1) is 27.2. The minimum absolute atomic E-state index is 0.865. The molecule has 3 heteroatoms. The molecule has 0 radical (unpaired) electrons. The summed E-state index contributed by atoms with van der Waals surface area (Å²) in [5.74, 6) is 0. The summed E-state index contributed by atoms with van der Waals surface area (Å²) in [6.07, 6.45) is 0. The Morgan fingerprint density at radius 2 is 1.00 bits per heavy atom. The van der Waals surface area contributed by atoms with Crippen LogP contribution in [0.15, 0.2) is 205 Å². The van der Waals surface area contributed by atoms with Crippen molar-refractivity contribution in [3.63, 3.8) is 0 Å². The molecule has 258 valence electrons. The number of benzene rings is 9. The van der Waals surface area contributed by atoms with Crippen molar-refractivity contribution in [3.05, 3.63) is 200 Å². The van der Waals surface area contributed by atoms with E-state index in [-0.39, 0.29) is 0 Å². The lowest BCUT2D eigenvalue weighted by molar-refractivity contribution is 0.672. The van der Waals surface area contributed by atoms with E-state index in [4.69, 9.17) is 4.42 Å². The monoisotopic (exact) mass is 719 g/mol. The third kappa shape index (κ3) is 5.40. The van der Waals surface area contributed by atoms with Crippen LogP contribution in [0.2, 0.25) is 0 Å². The SMILES string of the molecule is c1ccc(-c2cc(-c3ccccc3)cc(N(c3ccc(-c4ccc5sc6ccccc6c5c4)cc3)c3cccc4oc5c6ccccc6ccc5c34)c2)cc1. The van der Waals surface area contributed by atoms with E-state index in [1.807, 2.05) is 11.3 Å². The molecular formula is C52H33NOS. The summed E-state index contributed by atoms with van der Waals surface area (Å²) in [5, 5.41) is 7.10. The maximum atomic E-state index is 6.72. The van der Waals surface area contributed by atoms with Gasteiger partial charge in [-0.05, 0) is 105 Å². The summed E-state index contributed by atoms with van der Waals surface area (Å²) in [7, 11) is 0. The smallest absolute Gasteiger partial charge is 0.143 e. The Hall–Kier alpha value is -6.94. The molecule has 0 fully saturated rings. The molecule has 11 aromatic rings. The van der Waals surface area contributed by atoms with E-state index in [2.05, 4.69) is 205 Å². The molecule has 0 amide bonds. The second kappa shape index (κ2) is 12.9. The highest BCUT2D eigenvalue weighted by Gasteiger charge is 2.22. The highest BCUT2D eigenvalue weighted by Crippen LogP contribution is 2.46. The Morgan fingerprint density at radius 3 is 1.76 bits per heavy atom. The molecular weight excluding hydrogens is 687 g/mol. The van der Waals surface area contributed by atoms with Crippen molar-refractivity contribution < 1.29 is 4.42 Å². The van der Waals surface area contributed by atoms with Gasteiger partial charge in [0.05, 0.1) is 11.1 Å². The van der Waals surface area contributed by atoms with Crippen molar-refractivity contribution in [1.82, 2.24) is 0 Å². The number of thiophene rings is 1. The van der Waals surface area contributed by atoms with E-state index in [1.165, 1.54) is 47.8 Å². The minimum Gasteiger partial charge on any atom is -0.455 e. The van der Waals surface area contributed by atoms with Gasteiger partial charge in [0, 0.05) is 42.3 Å². The lowest BCUT2D eigenvalue weighted by Gasteiger charge is -2.28. The predicted molar refractivity (Wildman–Crippen MR) is 235 cm³/mol. The average molecular weight is 720 g/mol. The van der Waals surface area contributed by atoms with Crippen molar-refractivity contribution in [2.75, 3.05) is 4.90 Å². The Labute approximate surface area is 322 Å². The van der Waals surface area contributed by atoms with E-state index in [9.17, 15) is 0 Å². The number of furan rings is 1. The fourth-order valence-corrected chi connectivity index (χ4v) is 9.28. The molecule has 0 unspecified atom stereocenters. The number of anilines is 3. The van der Waals surface area contributed by atoms with E-state index in [0.29, 0.717) is 0 Å². The second-order valence-electron chi connectivity index (χ2n) is 14.1. The zero-order valence-electron chi connectivity index (χ0n) is 29.8. The van der Waals surface area contributed by atoms with Crippen molar-refractivity contribution in [2.24, 2.45) is 0 Å². The fourth-order valence-electron chi connectivity index (χ4n) is 8.19. The average Bonchev–Trinajstić information content (AvgIpc) is 3.84. The molecule has 0 saturated heterocycles. The summed E-state index contributed by atoms with van der Waals surface area (Å²) in [4.78, 5) is 2.41. The van der Waals surface area contributed by atoms with Gasteiger partial charge < -0.3 is 9.32 Å². The highest BCUT2D eigenvalue weighted by atomic mass is 32.1. The lowest BCUT2D eigenvalue weighted by Crippen LogP contribution is -2.10. The van der Waals surface area contributed by atoms with Crippen LogP contribution in [0.5, 0.6) is 0 Å². The van der Waals surface area contributed by atoms with E-state index >= 15 is 0 Å². The van der Waals surface area contributed by atoms with Gasteiger partial charge in [-0.15, -0.1) is 11.3 Å². The first-order valence-corrected chi connectivity index (χ1v) is 19.5. The van der Waals surface area contributed by atoms with Gasteiger partial charge in [-0.25, -0.2) is 0 Å². The molecule has 55 heavy (non-hydrogen) atoms. The molecule has 0 spiro atoms. The zero-order chi connectivity index (χ0) is 36.3. The van der Waals surface area contributed by atoms with Crippen molar-refractivity contribution >= 4 is 81.3 Å². The summed E-state index contributed by atoms with van der Waals surface area (Å²) < 4.78 is 9.36. The van der Waals surface area contributed by atoms with Crippen LogP contribution in [0, 0.1) is 0 Å². The van der Waals surface area contributed by atoms with Crippen LogP contribution in [0.4, 0.5) is 17.1 Å². The van der Waals surface area contributed by atoms with Gasteiger partial charge >= 0.3 is 0 Å². The first kappa shape index (κ1) is 31.6. The molecule has 2 heterocycles.